The van der Waals surface area contributed by atoms with E-state index in [9.17, 15) is 18.0 Å². The third-order valence-electron chi connectivity index (χ3n) is 4.03. The molecule has 0 saturated carbocycles. The first-order valence-corrected chi connectivity index (χ1v) is 8.60. The maximum absolute atomic E-state index is 12.7. The summed E-state index contributed by atoms with van der Waals surface area (Å²) in [6, 6.07) is 10.4. The molecule has 0 bridgehead atoms. The molecule has 0 aromatic heterocycles. The fraction of sp³-hybridized carbons (Fsp3) is 0.278. The van der Waals surface area contributed by atoms with E-state index >= 15 is 0 Å². The summed E-state index contributed by atoms with van der Waals surface area (Å²) >= 11 is 3.36. The number of carbonyl (C=O) groups excluding carboxylic acids is 1. The van der Waals surface area contributed by atoms with Crippen LogP contribution in [0.15, 0.2) is 46.9 Å². The molecular formula is C18H15BrF3LrNO3. The minimum Gasteiger partial charge on any atom is -0.479 e. The molecule has 9 heteroatoms. The van der Waals surface area contributed by atoms with Crippen LogP contribution < -0.4 is 14.4 Å². The Morgan fingerprint density at radius 2 is 1.93 bits per heavy atom. The van der Waals surface area contributed by atoms with Crippen LogP contribution in [0, 0.1) is 0 Å². The summed E-state index contributed by atoms with van der Waals surface area (Å²) in [5, 5.41) is 0. The van der Waals surface area contributed by atoms with Crippen LogP contribution in [0.3, 0.4) is 0 Å². The van der Waals surface area contributed by atoms with E-state index in [0.29, 0.717) is 17.0 Å². The van der Waals surface area contributed by atoms with Crippen LogP contribution in [0.2, 0.25) is 0 Å². The zero-order valence-corrected chi connectivity index (χ0v) is 17.9. The van der Waals surface area contributed by atoms with Crippen LogP contribution in [0.1, 0.15) is 25.5 Å². The van der Waals surface area contributed by atoms with Gasteiger partial charge in [-0.2, -0.15) is 0 Å². The van der Waals surface area contributed by atoms with E-state index in [0.717, 1.165) is 4.47 Å². The van der Waals surface area contributed by atoms with Crippen molar-refractivity contribution in [2.24, 2.45) is 0 Å². The van der Waals surface area contributed by atoms with Crippen molar-refractivity contribution in [3.8, 4) is 11.5 Å². The fourth-order valence-corrected chi connectivity index (χ4v) is 3.20. The Labute approximate surface area is 156 Å². The van der Waals surface area contributed by atoms with Gasteiger partial charge in [0.15, 0.2) is 6.10 Å². The zero-order chi connectivity index (χ0) is 19.1. The zero-order valence-electron chi connectivity index (χ0n) is 14.1. The van der Waals surface area contributed by atoms with Crippen LogP contribution in [0.5, 0.6) is 11.5 Å². The van der Waals surface area contributed by atoms with E-state index in [1.165, 1.54) is 23.1 Å². The van der Waals surface area contributed by atoms with E-state index < -0.39 is 18.5 Å². The van der Waals surface area contributed by atoms with Crippen molar-refractivity contribution < 1.29 is 27.4 Å². The number of benzene rings is 2. The maximum Gasteiger partial charge on any atom is 0.573 e. The van der Waals surface area contributed by atoms with Gasteiger partial charge in [-0.15, -0.1) is 13.2 Å². The first-order valence-electron chi connectivity index (χ1n) is 7.80. The van der Waals surface area contributed by atoms with Gasteiger partial charge < -0.3 is 9.47 Å². The number of hydrogen-bond acceptors (Lipinski definition) is 3. The van der Waals surface area contributed by atoms with Gasteiger partial charge in [-0.25, -0.2) is 0 Å². The second kappa shape index (κ2) is 7.19. The number of nitrogens with zero attached hydrogens (tertiary/aromatic N) is 1. The third kappa shape index (κ3) is 4.13. The van der Waals surface area contributed by atoms with Gasteiger partial charge in [0.2, 0.25) is 0 Å². The van der Waals surface area contributed by atoms with Gasteiger partial charge in [0, 0.05) is 4.47 Å². The minimum absolute atomic E-state index is 0. The Morgan fingerprint density at radius 3 is 2.59 bits per heavy atom. The molecule has 0 aliphatic carbocycles. The Bertz CT molecular complexity index is 847. The number of fused-ring (bicyclic) bond motifs is 1. The third-order valence-corrected chi connectivity index (χ3v) is 4.52. The van der Waals surface area contributed by atoms with Gasteiger partial charge in [0.1, 0.15) is 11.5 Å². The van der Waals surface area contributed by atoms with Gasteiger partial charge >= 0.3 is 6.36 Å². The largest absolute Gasteiger partial charge is 0.573 e. The summed E-state index contributed by atoms with van der Waals surface area (Å²) in [7, 11) is 0. The molecule has 2 aromatic carbocycles. The molecule has 0 spiro atoms. The molecule has 1 amide bonds. The Kier molecular flexibility index (Phi) is 5.35. The average Bonchev–Trinajstić information content (AvgIpc) is 2.54. The van der Waals surface area contributed by atoms with E-state index in [2.05, 4.69) is 20.7 Å². The maximum atomic E-state index is 12.7. The van der Waals surface area contributed by atoms with E-state index in [1.54, 1.807) is 38.1 Å². The molecular weight excluding hydrogens is 677 g/mol. The quantitative estimate of drug-likeness (QED) is 0.443. The number of carbonyl (C=O) groups is 1. The molecule has 0 N–H and O–H groups in total. The number of hydrogen-bond donors (Lipinski definition) is 0. The summed E-state index contributed by atoms with van der Waals surface area (Å²) in [4.78, 5) is 14.2. The van der Waals surface area contributed by atoms with Crippen molar-refractivity contribution in [1.82, 2.24) is 0 Å². The molecule has 27 heavy (non-hydrogen) atoms. The van der Waals surface area contributed by atoms with Crippen molar-refractivity contribution in [1.29, 1.82) is 0 Å². The van der Waals surface area contributed by atoms with Gasteiger partial charge in [0.25, 0.3) is 5.91 Å². The number of ether oxygens (including phenoxy) is 2. The van der Waals surface area contributed by atoms with E-state index in [1.807, 2.05) is 0 Å². The van der Waals surface area contributed by atoms with Crippen LogP contribution in [0.25, 0.3) is 0 Å². The molecule has 3 rings (SSSR count). The second-order valence-corrected chi connectivity index (χ2v) is 6.79. The molecule has 1 aliphatic heterocycles. The standard InChI is InChI=1S/C18H15BrF3NO3.Lr/c1-10(12-4-3-5-14(8-12)26-18(20,21)22)23-15-7-6-13(19)9-16(15)25-11(2)17(23)24;/h3-11H,1-2H3;/t10-,11+;/m0./s1. The van der Waals surface area contributed by atoms with Gasteiger partial charge in [-0.3, -0.25) is 9.69 Å². The van der Waals surface area contributed by atoms with Crippen molar-refractivity contribution in [2.45, 2.75) is 32.4 Å². The molecule has 4 nitrogen and oxygen atoms in total. The molecule has 1 radical (unpaired) electrons. The molecule has 2 atom stereocenters. The van der Waals surface area contributed by atoms with Crippen LogP contribution in [-0.4, -0.2) is 18.4 Å². The molecule has 1 aliphatic rings. The monoisotopic (exact) mass is 691 g/mol. The topological polar surface area (TPSA) is 38.8 Å². The first-order chi connectivity index (χ1) is 12.2. The predicted octanol–water partition coefficient (Wildman–Crippen LogP) is 5.22. The van der Waals surface area contributed by atoms with Crippen LogP contribution in [0.4, 0.5) is 18.9 Å². The number of rotatable bonds is 3. The summed E-state index contributed by atoms with van der Waals surface area (Å²) in [6.45, 7) is 3.38. The summed E-state index contributed by atoms with van der Waals surface area (Å²) in [5.41, 5.74) is 1.08. The molecule has 2 aromatic rings. The fourth-order valence-electron chi connectivity index (χ4n) is 2.86. The second-order valence-electron chi connectivity index (χ2n) is 5.88. The average molecular weight is 692 g/mol. The Balaban J connectivity index is 0.00000261. The van der Waals surface area contributed by atoms with Gasteiger partial charge in [-0.1, -0.05) is 28.1 Å². The Morgan fingerprint density at radius 1 is 1.22 bits per heavy atom. The predicted molar refractivity (Wildman–Crippen MR) is 93.3 cm³/mol. The number of anilines is 1. The Hall–Kier alpha value is -3.22. The molecule has 0 fully saturated rings. The molecule has 0 unspecified atom stereocenters. The molecule has 1 heterocycles. The number of halogens is 4. The van der Waals surface area contributed by atoms with Crippen LogP contribution >= 0.6 is 15.9 Å². The molecule has 153 valence electrons. The minimum atomic E-state index is -4.77. The van der Waals surface area contributed by atoms with E-state index in [4.69, 9.17) is 4.74 Å². The van der Waals surface area contributed by atoms with Gasteiger partial charge in [-0.05, 0) is 49.7 Å². The smallest absolute Gasteiger partial charge is 0.479 e. The van der Waals surface area contributed by atoms with E-state index in [-0.39, 0.29) is 11.7 Å². The van der Waals surface area contributed by atoms with Crippen molar-refractivity contribution in [2.75, 3.05) is 4.90 Å². The number of alkyl halides is 3. The van der Waals surface area contributed by atoms with Crippen molar-refractivity contribution >= 4 is 27.5 Å². The summed E-state index contributed by atoms with van der Waals surface area (Å²) < 4.78 is 47.8. The summed E-state index contributed by atoms with van der Waals surface area (Å²) in [5.74, 6) is -0.0675. The summed E-state index contributed by atoms with van der Waals surface area (Å²) in [6.07, 6.45) is -5.47. The first kappa shape index (κ1) is 20.1. The normalized spacial score (nSPS) is 17.5. The SMILES string of the molecule is C[C@H]1Oc2cc(Br)ccc2N([C@@H](C)c2cccc(OC(F)(F)F)c2)C1=O.[Lr]. The van der Waals surface area contributed by atoms with Crippen molar-refractivity contribution in [3.05, 3.63) is 52.5 Å². The molecule has 0 saturated heterocycles. The van der Waals surface area contributed by atoms with Crippen molar-refractivity contribution in [3.63, 3.8) is 0 Å². The number of amides is 1. The van der Waals surface area contributed by atoms with Gasteiger partial charge in [0.05, 0.1) is 11.7 Å². The van der Waals surface area contributed by atoms with Crippen LogP contribution in [-0.2, 0) is 4.79 Å².